The van der Waals surface area contributed by atoms with E-state index in [-0.39, 0.29) is 41.4 Å². The minimum Gasteiger partial charge on any atom is -0.504 e. The SMILES string of the molecule is NC1CCC23c4c5ccc(O)c4OC2C(=O)CCC3(OC(=O)OC2CCC(c3ccccc3)(c3ccccc3)CC2)C1C5. The molecule has 222 valence electrons. The van der Waals surface area contributed by atoms with Crippen molar-refractivity contribution in [3.8, 4) is 11.5 Å². The highest BCUT2D eigenvalue weighted by molar-refractivity contribution is 5.90. The molecule has 3 saturated carbocycles. The lowest BCUT2D eigenvalue weighted by atomic mass is 9.44. The number of benzene rings is 3. The van der Waals surface area contributed by atoms with Gasteiger partial charge >= 0.3 is 6.16 Å². The lowest BCUT2D eigenvalue weighted by molar-refractivity contribution is -0.191. The fourth-order valence-electron chi connectivity index (χ4n) is 9.64. The van der Waals surface area contributed by atoms with Gasteiger partial charge in [-0.3, -0.25) is 4.79 Å². The number of phenolic OH excluding ortho intramolecular Hbond substituents is 1. The number of hydrogen-bond donors (Lipinski definition) is 2. The molecule has 3 aromatic carbocycles. The van der Waals surface area contributed by atoms with Crippen LogP contribution < -0.4 is 10.5 Å². The number of Topliss-reactive ketones (excluding diaryl/α,β-unsaturated/α-hetero) is 1. The maximum atomic E-state index is 13.8. The van der Waals surface area contributed by atoms with Gasteiger partial charge in [-0.05, 0) is 74.1 Å². The zero-order chi connectivity index (χ0) is 29.4. The molecule has 3 fully saturated rings. The van der Waals surface area contributed by atoms with Crippen molar-refractivity contribution < 1.29 is 28.9 Å². The quantitative estimate of drug-likeness (QED) is 0.372. The summed E-state index contributed by atoms with van der Waals surface area (Å²) in [5.74, 6) is 0.183. The van der Waals surface area contributed by atoms with E-state index in [1.54, 1.807) is 6.07 Å². The predicted octanol–water partition coefficient (Wildman–Crippen LogP) is 5.87. The zero-order valence-corrected chi connectivity index (χ0v) is 24.2. The van der Waals surface area contributed by atoms with E-state index in [1.165, 1.54) is 11.1 Å². The summed E-state index contributed by atoms with van der Waals surface area (Å²) in [6, 6.07) is 24.6. The van der Waals surface area contributed by atoms with Gasteiger partial charge in [0, 0.05) is 29.4 Å². The minimum atomic E-state index is -1.03. The molecule has 5 aliphatic rings. The Balaban J connectivity index is 1.08. The van der Waals surface area contributed by atoms with Crippen molar-refractivity contribution in [1.82, 2.24) is 0 Å². The van der Waals surface area contributed by atoms with E-state index in [0.29, 0.717) is 44.3 Å². The molecule has 43 heavy (non-hydrogen) atoms. The van der Waals surface area contributed by atoms with Crippen molar-refractivity contribution in [1.29, 1.82) is 0 Å². The van der Waals surface area contributed by atoms with Gasteiger partial charge in [0.1, 0.15) is 11.7 Å². The Bertz CT molecular complexity index is 1540. The van der Waals surface area contributed by atoms with Gasteiger partial charge in [-0.2, -0.15) is 0 Å². The fraction of sp³-hybridized carbons (Fsp3) is 0.444. The third-order valence-corrected chi connectivity index (χ3v) is 11.5. The maximum absolute atomic E-state index is 13.8. The number of phenols is 1. The van der Waals surface area contributed by atoms with E-state index in [4.69, 9.17) is 19.9 Å². The average molecular weight is 580 g/mol. The van der Waals surface area contributed by atoms with Gasteiger partial charge in [0.05, 0.1) is 5.41 Å². The highest BCUT2D eigenvalue weighted by Gasteiger charge is 2.75. The van der Waals surface area contributed by atoms with Crippen LogP contribution in [-0.4, -0.2) is 40.9 Å². The molecule has 3 N–H and O–H groups in total. The Labute approximate surface area is 251 Å². The van der Waals surface area contributed by atoms with E-state index >= 15 is 0 Å². The summed E-state index contributed by atoms with van der Waals surface area (Å²) in [4.78, 5) is 27.1. The molecule has 8 rings (SSSR count). The second kappa shape index (κ2) is 9.58. The molecule has 5 unspecified atom stereocenters. The first-order chi connectivity index (χ1) is 20.9. The van der Waals surface area contributed by atoms with E-state index in [9.17, 15) is 14.7 Å². The van der Waals surface area contributed by atoms with Crippen LogP contribution in [0.3, 0.4) is 0 Å². The van der Waals surface area contributed by atoms with Crippen molar-refractivity contribution in [2.45, 2.75) is 92.5 Å². The number of ketones is 1. The molecular formula is C36H37NO6. The molecule has 1 spiro atoms. The molecule has 0 saturated heterocycles. The smallest absolute Gasteiger partial charge is 0.504 e. The van der Waals surface area contributed by atoms with Crippen molar-refractivity contribution in [3.63, 3.8) is 0 Å². The summed E-state index contributed by atoms with van der Waals surface area (Å²) < 4.78 is 18.9. The van der Waals surface area contributed by atoms with Crippen molar-refractivity contribution in [2.75, 3.05) is 0 Å². The second-order valence-electron chi connectivity index (χ2n) is 13.3. The highest BCUT2D eigenvalue weighted by Crippen LogP contribution is 2.68. The van der Waals surface area contributed by atoms with Crippen LogP contribution >= 0.6 is 0 Å². The first-order valence-electron chi connectivity index (χ1n) is 15.7. The van der Waals surface area contributed by atoms with Crippen LogP contribution in [-0.2, 0) is 31.5 Å². The summed E-state index contributed by atoms with van der Waals surface area (Å²) >= 11 is 0. The number of aromatic hydroxyl groups is 1. The number of nitrogens with two attached hydrogens (primary N) is 1. The van der Waals surface area contributed by atoms with Crippen LogP contribution in [0.25, 0.3) is 0 Å². The van der Waals surface area contributed by atoms with Gasteiger partial charge in [0.2, 0.25) is 0 Å². The number of ether oxygens (including phenoxy) is 3. The maximum Gasteiger partial charge on any atom is 0.509 e. The molecule has 4 aliphatic carbocycles. The van der Waals surface area contributed by atoms with Gasteiger partial charge in [0.25, 0.3) is 0 Å². The average Bonchev–Trinajstić information content (AvgIpc) is 3.40. The lowest BCUT2D eigenvalue weighted by Gasteiger charge is -2.62. The van der Waals surface area contributed by atoms with Gasteiger partial charge in [-0.15, -0.1) is 0 Å². The fourth-order valence-corrected chi connectivity index (χ4v) is 9.64. The van der Waals surface area contributed by atoms with Crippen LogP contribution in [0.1, 0.15) is 73.6 Å². The van der Waals surface area contributed by atoms with Gasteiger partial charge in [-0.25, -0.2) is 4.79 Å². The number of carbonyl (C=O) groups is 2. The second-order valence-corrected chi connectivity index (χ2v) is 13.3. The molecule has 1 heterocycles. The molecule has 1 aliphatic heterocycles. The third kappa shape index (κ3) is 3.64. The molecule has 3 aromatic rings. The summed E-state index contributed by atoms with van der Waals surface area (Å²) in [6.07, 6.45) is 3.80. The molecular weight excluding hydrogens is 542 g/mol. The first kappa shape index (κ1) is 26.8. The number of hydrogen-bond acceptors (Lipinski definition) is 7. The van der Waals surface area contributed by atoms with E-state index in [0.717, 1.165) is 24.0 Å². The number of carbonyl (C=O) groups excluding carboxylic acids is 2. The molecule has 0 aromatic heterocycles. The first-order valence-corrected chi connectivity index (χ1v) is 15.7. The van der Waals surface area contributed by atoms with Crippen LogP contribution in [0.5, 0.6) is 11.5 Å². The van der Waals surface area contributed by atoms with Gasteiger partial charge in [-0.1, -0.05) is 66.7 Å². The Morgan fingerprint density at radius 1 is 0.884 bits per heavy atom. The third-order valence-electron chi connectivity index (χ3n) is 11.5. The molecule has 5 atom stereocenters. The van der Waals surface area contributed by atoms with Crippen molar-refractivity contribution >= 4 is 11.9 Å². The summed E-state index contributed by atoms with van der Waals surface area (Å²) in [5, 5.41) is 10.7. The summed E-state index contributed by atoms with van der Waals surface area (Å²) in [6.45, 7) is 0. The zero-order valence-electron chi connectivity index (χ0n) is 24.2. The van der Waals surface area contributed by atoms with Gasteiger partial charge in [0.15, 0.2) is 23.4 Å². The topological polar surface area (TPSA) is 108 Å². The lowest BCUT2D eigenvalue weighted by Crippen LogP contribution is -2.74. The van der Waals surface area contributed by atoms with E-state index in [2.05, 4.69) is 48.5 Å². The summed E-state index contributed by atoms with van der Waals surface area (Å²) in [7, 11) is 0. The van der Waals surface area contributed by atoms with Crippen molar-refractivity contribution in [2.24, 2.45) is 11.7 Å². The van der Waals surface area contributed by atoms with Crippen LogP contribution in [0.4, 0.5) is 4.79 Å². The van der Waals surface area contributed by atoms with E-state index < -0.39 is 23.3 Å². The Morgan fingerprint density at radius 2 is 1.56 bits per heavy atom. The Hall–Kier alpha value is -3.84. The molecule has 7 nitrogen and oxygen atoms in total. The van der Waals surface area contributed by atoms with Crippen LogP contribution in [0.15, 0.2) is 72.8 Å². The van der Waals surface area contributed by atoms with Gasteiger partial charge < -0.3 is 25.1 Å². The normalized spacial score (nSPS) is 31.9. The van der Waals surface area contributed by atoms with E-state index in [1.807, 2.05) is 18.2 Å². The Kier molecular flexibility index (Phi) is 5.96. The predicted molar refractivity (Wildman–Crippen MR) is 159 cm³/mol. The molecule has 0 radical (unpaired) electrons. The monoisotopic (exact) mass is 579 g/mol. The van der Waals surface area contributed by atoms with Crippen molar-refractivity contribution in [3.05, 3.63) is 95.1 Å². The van der Waals surface area contributed by atoms with Crippen LogP contribution in [0.2, 0.25) is 0 Å². The highest BCUT2D eigenvalue weighted by atomic mass is 16.7. The molecule has 7 heteroatoms. The molecule has 2 bridgehead atoms. The summed E-state index contributed by atoms with van der Waals surface area (Å²) in [5.41, 5.74) is 9.12. The Morgan fingerprint density at radius 3 is 2.23 bits per heavy atom. The largest absolute Gasteiger partial charge is 0.509 e. The van der Waals surface area contributed by atoms with Crippen LogP contribution in [0, 0.1) is 5.92 Å². The molecule has 0 amide bonds. The standard InChI is InChI=1S/C36H37NO6/c37-27-15-19-35-30-22-11-12-28(38)31(30)42-32(35)29(39)16-20-36(35,26(27)21-22)43-33(40)41-25-13-17-34(18-14-25,23-7-3-1-4-8-23)24-9-5-2-6-10-24/h1-12,25-27,32,38H,13-21,37H2. The number of rotatable bonds is 4. The minimum absolute atomic E-state index is 0.0163.